The van der Waals surface area contributed by atoms with Gasteiger partial charge in [0.1, 0.15) is 0 Å². The van der Waals surface area contributed by atoms with Crippen LogP contribution in [0, 0.1) is 0 Å². The average Bonchev–Trinajstić information content (AvgIpc) is 2.46. The Kier molecular flexibility index (Phi) is 4.97. The van der Waals surface area contributed by atoms with E-state index in [1.165, 1.54) is 23.1 Å². The highest BCUT2D eigenvalue weighted by atomic mass is 14.0. The summed E-state index contributed by atoms with van der Waals surface area (Å²) in [6, 6.07) is 19.5. The van der Waals surface area contributed by atoms with E-state index >= 15 is 0 Å². The van der Waals surface area contributed by atoms with E-state index in [9.17, 15) is 0 Å². The number of allylic oxidation sites excluding steroid dienone is 1. The van der Waals surface area contributed by atoms with Crippen LogP contribution in [0.4, 0.5) is 0 Å². The molecule has 0 heteroatoms. The van der Waals surface area contributed by atoms with Crippen molar-refractivity contribution in [3.05, 3.63) is 77.4 Å². The van der Waals surface area contributed by atoms with Crippen LogP contribution in [0.25, 0.3) is 6.08 Å². The third-order valence-corrected chi connectivity index (χ3v) is 3.39. The van der Waals surface area contributed by atoms with Crippen LogP contribution in [-0.4, -0.2) is 0 Å². The molecular formula is C19H22. The lowest BCUT2D eigenvalue weighted by Crippen LogP contribution is -1.88. The molecule has 0 fully saturated rings. The van der Waals surface area contributed by atoms with E-state index in [2.05, 4.69) is 80.6 Å². The van der Waals surface area contributed by atoms with Crippen molar-refractivity contribution in [2.24, 2.45) is 0 Å². The van der Waals surface area contributed by atoms with Gasteiger partial charge >= 0.3 is 0 Å². The van der Waals surface area contributed by atoms with Crippen molar-refractivity contribution in [1.29, 1.82) is 0 Å². The van der Waals surface area contributed by atoms with Crippen LogP contribution in [-0.2, 0) is 6.42 Å². The smallest absolute Gasteiger partial charge is 0.000711 e. The van der Waals surface area contributed by atoms with Gasteiger partial charge in [-0.25, -0.2) is 0 Å². The predicted molar refractivity (Wildman–Crippen MR) is 84.3 cm³/mol. The predicted octanol–water partition coefficient (Wildman–Crippen LogP) is 5.46. The molecule has 0 saturated heterocycles. The van der Waals surface area contributed by atoms with Gasteiger partial charge in [0.15, 0.2) is 0 Å². The Labute approximate surface area is 116 Å². The number of rotatable bonds is 5. The SMILES string of the molecule is CCCc1cccc(C=CC(C)c2ccccc2)c1. The number of aryl methyl sites for hydroxylation is 1. The van der Waals surface area contributed by atoms with Gasteiger partial charge in [-0.15, -0.1) is 0 Å². The van der Waals surface area contributed by atoms with Crippen molar-refractivity contribution in [2.75, 3.05) is 0 Å². The van der Waals surface area contributed by atoms with Crippen LogP contribution >= 0.6 is 0 Å². The van der Waals surface area contributed by atoms with Gasteiger partial charge in [-0.2, -0.15) is 0 Å². The molecule has 98 valence electrons. The summed E-state index contributed by atoms with van der Waals surface area (Å²) in [5, 5.41) is 0. The van der Waals surface area contributed by atoms with Gasteiger partial charge in [-0.05, 0) is 29.0 Å². The van der Waals surface area contributed by atoms with Gasteiger partial charge in [0.2, 0.25) is 0 Å². The lowest BCUT2D eigenvalue weighted by molar-refractivity contribution is 0.921. The highest BCUT2D eigenvalue weighted by Gasteiger charge is 1.99. The molecule has 0 heterocycles. The molecule has 2 aromatic carbocycles. The standard InChI is InChI=1S/C19H22/c1-3-8-17-9-7-10-18(15-17)14-13-16(2)19-11-5-4-6-12-19/h4-7,9-16H,3,8H2,1-2H3. The van der Waals surface area contributed by atoms with Gasteiger partial charge in [-0.3, -0.25) is 0 Å². The molecule has 2 rings (SSSR count). The minimum atomic E-state index is 0.455. The molecule has 0 N–H and O–H groups in total. The summed E-state index contributed by atoms with van der Waals surface area (Å²) in [6.45, 7) is 4.46. The first-order valence-corrected chi connectivity index (χ1v) is 7.11. The van der Waals surface area contributed by atoms with Crippen molar-refractivity contribution in [2.45, 2.75) is 32.6 Å². The number of hydrogen-bond acceptors (Lipinski definition) is 0. The molecule has 0 spiro atoms. The Balaban J connectivity index is 2.08. The summed E-state index contributed by atoms with van der Waals surface area (Å²) in [4.78, 5) is 0. The van der Waals surface area contributed by atoms with Gasteiger partial charge in [0.25, 0.3) is 0 Å². The van der Waals surface area contributed by atoms with Gasteiger partial charge in [0.05, 0.1) is 0 Å². The molecule has 1 atom stereocenters. The van der Waals surface area contributed by atoms with E-state index in [0.29, 0.717) is 5.92 Å². The lowest BCUT2D eigenvalue weighted by Gasteiger charge is -2.06. The first-order valence-electron chi connectivity index (χ1n) is 7.11. The monoisotopic (exact) mass is 250 g/mol. The summed E-state index contributed by atoms with van der Waals surface area (Å²) in [5.41, 5.74) is 4.09. The Morgan fingerprint density at radius 2 is 1.79 bits per heavy atom. The van der Waals surface area contributed by atoms with E-state index in [0.717, 1.165) is 6.42 Å². The molecule has 0 bridgehead atoms. The third-order valence-electron chi connectivity index (χ3n) is 3.39. The Hall–Kier alpha value is -1.82. The van der Waals surface area contributed by atoms with Gasteiger partial charge in [0, 0.05) is 0 Å². The molecule has 0 aliphatic carbocycles. The molecule has 1 unspecified atom stereocenters. The van der Waals surface area contributed by atoms with Gasteiger partial charge in [-0.1, -0.05) is 87.0 Å². The van der Waals surface area contributed by atoms with Gasteiger partial charge < -0.3 is 0 Å². The maximum atomic E-state index is 2.29. The van der Waals surface area contributed by atoms with Crippen LogP contribution in [0.3, 0.4) is 0 Å². The second-order valence-corrected chi connectivity index (χ2v) is 5.05. The topological polar surface area (TPSA) is 0 Å². The minimum absolute atomic E-state index is 0.455. The minimum Gasteiger partial charge on any atom is -0.0767 e. The van der Waals surface area contributed by atoms with Crippen molar-refractivity contribution < 1.29 is 0 Å². The first-order chi connectivity index (χ1) is 9.29. The maximum absolute atomic E-state index is 2.29. The molecule has 0 nitrogen and oxygen atoms in total. The Morgan fingerprint density at radius 3 is 2.53 bits per heavy atom. The van der Waals surface area contributed by atoms with Crippen LogP contribution < -0.4 is 0 Å². The highest BCUT2D eigenvalue weighted by Crippen LogP contribution is 2.18. The fourth-order valence-electron chi connectivity index (χ4n) is 2.26. The quantitative estimate of drug-likeness (QED) is 0.661. The van der Waals surface area contributed by atoms with Crippen LogP contribution in [0.5, 0.6) is 0 Å². The van der Waals surface area contributed by atoms with E-state index in [1.807, 2.05) is 0 Å². The molecule has 0 aliphatic rings. The maximum Gasteiger partial charge on any atom is -0.000711 e. The van der Waals surface area contributed by atoms with Crippen molar-refractivity contribution in [1.82, 2.24) is 0 Å². The molecule has 0 aromatic heterocycles. The largest absolute Gasteiger partial charge is 0.0767 e. The van der Waals surface area contributed by atoms with E-state index in [4.69, 9.17) is 0 Å². The van der Waals surface area contributed by atoms with Crippen molar-refractivity contribution >= 4 is 6.08 Å². The summed E-state index contributed by atoms with van der Waals surface area (Å²) in [6.07, 6.45) is 6.88. The Morgan fingerprint density at radius 1 is 1.00 bits per heavy atom. The summed E-state index contributed by atoms with van der Waals surface area (Å²) >= 11 is 0. The molecule has 2 aromatic rings. The van der Waals surface area contributed by atoms with Crippen LogP contribution in [0.15, 0.2) is 60.7 Å². The number of benzene rings is 2. The molecule has 0 radical (unpaired) electrons. The number of hydrogen-bond donors (Lipinski definition) is 0. The molecule has 0 saturated carbocycles. The second-order valence-electron chi connectivity index (χ2n) is 5.05. The van der Waals surface area contributed by atoms with E-state index in [1.54, 1.807) is 0 Å². The molecule has 0 amide bonds. The zero-order valence-corrected chi connectivity index (χ0v) is 11.8. The fraction of sp³-hybridized carbons (Fsp3) is 0.263. The average molecular weight is 250 g/mol. The fourth-order valence-corrected chi connectivity index (χ4v) is 2.26. The summed E-state index contributed by atoms with van der Waals surface area (Å²) < 4.78 is 0. The van der Waals surface area contributed by atoms with Crippen LogP contribution in [0.1, 0.15) is 42.9 Å². The van der Waals surface area contributed by atoms with Crippen LogP contribution in [0.2, 0.25) is 0 Å². The molecule has 0 aliphatic heterocycles. The molecule has 19 heavy (non-hydrogen) atoms. The third kappa shape index (κ3) is 4.10. The first kappa shape index (κ1) is 13.6. The second kappa shape index (κ2) is 6.94. The zero-order valence-electron chi connectivity index (χ0n) is 11.8. The summed E-state index contributed by atoms with van der Waals surface area (Å²) in [5.74, 6) is 0.455. The van der Waals surface area contributed by atoms with E-state index < -0.39 is 0 Å². The molecular weight excluding hydrogens is 228 g/mol. The Bertz CT molecular complexity index is 523. The van der Waals surface area contributed by atoms with Crippen molar-refractivity contribution in [3.8, 4) is 0 Å². The van der Waals surface area contributed by atoms with Crippen molar-refractivity contribution in [3.63, 3.8) is 0 Å². The van der Waals surface area contributed by atoms with E-state index in [-0.39, 0.29) is 0 Å². The summed E-state index contributed by atoms with van der Waals surface area (Å²) in [7, 11) is 0. The normalized spacial score (nSPS) is 12.7. The lowest BCUT2D eigenvalue weighted by atomic mass is 9.99. The highest BCUT2D eigenvalue weighted by molar-refractivity contribution is 5.51. The zero-order chi connectivity index (χ0) is 13.5.